The van der Waals surface area contributed by atoms with Crippen LogP contribution in [0.5, 0.6) is 11.5 Å². The van der Waals surface area contributed by atoms with E-state index in [2.05, 4.69) is 22.2 Å². The van der Waals surface area contributed by atoms with E-state index in [9.17, 15) is 0 Å². The summed E-state index contributed by atoms with van der Waals surface area (Å²) in [7, 11) is 3.26. The van der Waals surface area contributed by atoms with Crippen LogP contribution in [0.15, 0.2) is 41.7 Å². The number of halogens is 1. The van der Waals surface area contributed by atoms with Crippen LogP contribution < -0.4 is 20.5 Å². The fourth-order valence-electron chi connectivity index (χ4n) is 2.51. The zero-order valence-electron chi connectivity index (χ0n) is 15.5. The Kier molecular flexibility index (Phi) is 9.79. The van der Waals surface area contributed by atoms with Crippen LogP contribution in [0.3, 0.4) is 0 Å². The van der Waals surface area contributed by atoms with Crippen molar-refractivity contribution < 1.29 is 9.47 Å². The topological polar surface area (TPSA) is 81.8 Å². The first-order valence-corrected chi connectivity index (χ1v) is 8.28. The van der Waals surface area contributed by atoms with Gasteiger partial charge in [-0.05, 0) is 54.7 Å². The van der Waals surface area contributed by atoms with Gasteiger partial charge in [0, 0.05) is 25.5 Å². The molecule has 0 saturated heterocycles. The first kappa shape index (κ1) is 22.0. The Morgan fingerprint density at radius 2 is 1.92 bits per heavy atom. The number of aromatic nitrogens is 1. The second-order valence-corrected chi connectivity index (χ2v) is 5.69. The fraction of sp³-hybridized carbons (Fsp3) is 0.368. The lowest BCUT2D eigenvalue weighted by Crippen LogP contribution is -2.33. The van der Waals surface area contributed by atoms with Crippen LogP contribution >= 0.6 is 24.0 Å². The van der Waals surface area contributed by atoms with Gasteiger partial charge in [-0.2, -0.15) is 0 Å². The molecule has 0 radical (unpaired) electrons. The molecule has 0 aliphatic heterocycles. The molecule has 1 aromatic carbocycles. The van der Waals surface area contributed by atoms with Crippen molar-refractivity contribution in [1.82, 2.24) is 10.3 Å². The Morgan fingerprint density at radius 1 is 1.15 bits per heavy atom. The molecule has 0 bridgehead atoms. The van der Waals surface area contributed by atoms with E-state index in [0.29, 0.717) is 19.0 Å². The fourth-order valence-corrected chi connectivity index (χ4v) is 2.51. The van der Waals surface area contributed by atoms with E-state index in [1.54, 1.807) is 20.4 Å². The van der Waals surface area contributed by atoms with Crippen LogP contribution in [0, 0.1) is 6.92 Å². The summed E-state index contributed by atoms with van der Waals surface area (Å²) in [6.07, 6.45) is 5.34. The van der Waals surface area contributed by atoms with E-state index in [4.69, 9.17) is 15.2 Å². The predicted octanol–water partition coefficient (Wildman–Crippen LogP) is 2.71. The van der Waals surface area contributed by atoms with Crippen molar-refractivity contribution >= 4 is 29.9 Å². The van der Waals surface area contributed by atoms with Gasteiger partial charge in [0.05, 0.1) is 14.2 Å². The molecule has 0 fully saturated rings. The molecule has 26 heavy (non-hydrogen) atoms. The Balaban J connectivity index is 0.00000338. The van der Waals surface area contributed by atoms with E-state index in [1.165, 1.54) is 11.1 Å². The van der Waals surface area contributed by atoms with Crippen LogP contribution in [0.25, 0.3) is 0 Å². The third kappa shape index (κ3) is 6.70. The van der Waals surface area contributed by atoms with Gasteiger partial charge < -0.3 is 20.5 Å². The molecule has 6 nitrogen and oxygen atoms in total. The summed E-state index contributed by atoms with van der Waals surface area (Å²) in [5.74, 6) is 1.92. The number of hydrogen-bond acceptors (Lipinski definition) is 4. The lowest BCUT2D eigenvalue weighted by atomic mass is 10.1. The first-order chi connectivity index (χ1) is 12.1. The van der Waals surface area contributed by atoms with Gasteiger partial charge in [-0.3, -0.25) is 9.98 Å². The molecule has 3 N–H and O–H groups in total. The van der Waals surface area contributed by atoms with Crippen LogP contribution in [0.1, 0.15) is 16.7 Å². The smallest absolute Gasteiger partial charge is 0.188 e. The highest BCUT2D eigenvalue weighted by Gasteiger charge is 2.04. The minimum Gasteiger partial charge on any atom is -0.493 e. The molecular weight excluding hydrogens is 443 g/mol. The molecule has 0 spiro atoms. The molecule has 0 aliphatic rings. The molecule has 1 heterocycles. The summed E-state index contributed by atoms with van der Waals surface area (Å²) in [5, 5.41) is 3.14. The minimum absolute atomic E-state index is 0. The zero-order valence-corrected chi connectivity index (χ0v) is 17.8. The standard InChI is InChI=1S/C19H26N4O2.HI/c1-14-13-21-9-7-16(14)8-11-23-19(20)22-10-6-15-4-5-17(24-2)18(12-15)25-3;/h4-5,7,9,12-13H,6,8,10-11H2,1-3H3,(H3,20,22,23);1H. The average molecular weight is 470 g/mol. The number of nitrogens with zero attached hydrogens (tertiary/aromatic N) is 2. The van der Waals surface area contributed by atoms with E-state index in [1.807, 2.05) is 30.5 Å². The summed E-state index contributed by atoms with van der Waals surface area (Å²) in [5.41, 5.74) is 9.49. The number of aryl methyl sites for hydroxylation is 1. The van der Waals surface area contributed by atoms with Gasteiger partial charge in [0.1, 0.15) is 0 Å². The molecule has 142 valence electrons. The molecule has 2 aromatic rings. The third-order valence-electron chi connectivity index (χ3n) is 3.97. The molecule has 1 aromatic heterocycles. The maximum Gasteiger partial charge on any atom is 0.188 e. The number of nitrogens with two attached hydrogens (primary N) is 1. The first-order valence-electron chi connectivity index (χ1n) is 8.28. The molecule has 0 saturated carbocycles. The summed E-state index contributed by atoms with van der Waals surface area (Å²) >= 11 is 0. The van der Waals surface area contributed by atoms with E-state index < -0.39 is 0 Å². The number of methoxy groups -OCH3 is 2. The maximum absolute atomic E-state index is 5.92. The molecule has 0 aliphatic carbocycles. The van der Waals surface area contributed by atoms with Crippen molar-refractivity contribution in [2.45, 2.75) is 19.8 Å². The molecule has 0 unspecified atom stereocenters. The van der Waals surface area contributed by atoms with Crippen LogP contribution in [0.2, 0.25) is 0 Å². The minimum atomic E-state index is 0. The summed E-state index contributed by atoms with van der Waals surface area (Å²) in [6, 6.07) is 7.91. The van der Waals surface area contributed by atoms with Gasteiger partial charge in [0.15, 0.2) is 17.5 Å². The maximum atomic E-state index is 5.92. The van der Waals surface area contributed by atoms with Gasteiger partial charge >= 0.3 is 0 Å². The summed E-state index contributed by atoms with van der Waals surface area (Å²) in [6.45, 7) is 3.41. The largest absolute Gasteiger partial charge is 0.493 e. The highest BCUT2D eigenvalue weighted by atomic mass is 127. The number of aliphatic imine (C=N–C) groups is 1. The lowest BCUT2D eigenvalue weighted by molar-refractivity contribution is 0.354. The number of benzene rings is 1. The van der Waals surface area contributed by atoms with E-state index >= 15 is 0 Å². The van der Waals surface area contributed by atoms with Crippen molar-refractivity contribution in [1.29, 1.82) is 0 Å². The number of guanidine groups is 1. The SMILES string of the molecule is COc1ccc(CCNC(N)=NCCc2ccncc2C)cc1OC.I. The Labute approximate surface area is 172 Å². The second-order valence-electron chi connectivity index (χ2n) is 5.69. The van der Waals surface area contributed by atoms with Crippen LogP contribution in [-0.2, 0) is 12.8 Å². The van der Waals surface area contributed by atoms with Crippen molar-refractivity contribution in [3.05, 3.63) is 53.3 Å². The quantitative estimate of drug-likeness (QED) is 0.352. The third-order valence-corrected chi connectivity index (χ3v) is 3.97. The number of ether oxygens (including phenoxy) is 2. The molecule has 0 amide bonds. The highest BCUT2D eigenvalue weighted by molar-refractivity contribution is 14.0. The molecule has 7 heteroatoms. The molecule has 2 rings (SSSR count). The Hall–Kier alpha value is -2.03. The Bertz CT molecular complexity index is 722. The number of hydrogen-bond donors (Lipinski definition) is 2. The number of rotatable bonds is 8. The predicted molar refractivity (Wildman–Crippen MR) is 116 cm³/mol. The van der Waals surface area contributed by atoms with Crippen LogP contribution in [-0.4, -0.2) is 38.3 Å². The monoisotopic (exact) mass is 470 g/mol. The zero-order chi connectivity index (χ0) is 18.1. The Morgan fingerprint density at radius 3 is 2.62 bits per heavy atom. The van der Waals surface area contributed by atoms with Crippen molar-refractivity contribution in [2.24, 2.45) is 10.7 Å². The van der Waals surface area contributed by atoms with E-state index in [0.717, 1.165) is 29.9 Å². The number of nitrogens with one attached hydrogen (secondary N) is 1. The highest BCUT2D eigenvalue weighted by Crippen LogP contribution is 2.27. The van der Waals surface area contributed by atoms with Gasteiger partial charge in [0.2, 0.25) is 0 Å². The van der Waals surface area contributed by atoms with Crippen molar-refractivity contribution in [3.63, 3.8) is 0 Å². The number of pyridine rings is 1. The summed E-state index contributed by atoms with van der Waals surface area (Å²) in [4.78, 5) is 8.46. The van der Waals surface area contributed by atoms with Crippen molar-refractivity contribution in [3.8, 4) is 11.5 Å². The van der Waals surface area contributed by atoms with Gasteiger partial charge in [-0.15, -0.1) is 24.0 Å². The van der Waals surface area contributed by atoms with Crippen molar-refractivity contribution in [2.75, 3.05) is 27.3 Å². The normalized spacial score (nSPS) is 10.8. The average Bonchev–Trinajstić information content (AvgIpc) is 2.63. The van der Waals surface area contributed by atoms with Gasteiger partial charge in [-0.1, -0.05) is 6.07 Å². The second kappa shape index (κ2) is 11.6. The lowest BCUT2D eigenvalue weighted by Gasteiger charge is -2.10. The summed E-state index contributed by atoms with van der Waals surface area (Å²) < 4.78 is 10.6. The molecular formula is C19H27IN4O2. The van der Waals surface area contributed by atoms with Gasteiger partial charge in [-0.25, -0.2) is 0 Å². The van der Waals surface area contributed by atoms with Crippen LogP contribution in [0.4, 0.5) is 0 Å². The van der Waals surface area contributed by atoms with E-state index in [-0.39, 0.29) is 24.0 Å². The van der Waals surface area contributed by atoms with Gasteiger partial charge in [0.25, 0.3) is 0 Å². The molecule has 0 atom stereocenters.